The van der Waals surface area contributed by atoms with E-state index in [4.69, 9.17) is 11.6 Å². The molecule has 0 amide bonds. The van der Waals surface area contributed by atoms with Crippen molar-refractivity contribution in [2.75, 3.05) is 0 Å². The maximum absolute atomic E-state index is 13.0. The van der Waals surface area contributed by atoms with Gasteiger partial charge in [0.25, 0.3) is 0 Å². The third-order valence-electron chi connectivity index (χ3n) is 1.96. The van der Waals surface area contributed by atoms with E-state index in [2.05, 4.69) is 9.97 Å². The molecular formula is C11H8ClFN2. The number of aryl methyl sites for hydroxylation is 1. The van der Waals surface area contributed by atoms with Gasteiger partial charge in [0.05, 0.1) is 10.7 Å². The maximum atomic E-state index is 13.0. The van der Waals surface area contributed by atoms with Crippen molar-refractivity contribution in [2.45, 2.75) is 6.92 Å². The average molecular weight is 223 g/mol. The molecule has 1 aromatic carbocycles. The Labute approximate surface area is 91.8 Å². The largest absolute Gasteiger partial charge is 0.240 e. The van der Waals surface area contributed by atoms with Crippen LogP contribution < -0.4 is 0 Å². The second kappa shape index (κ2) is 3.95. The van der Waals surface area contributed by atoms with Gasteiger partial charge in [-0.2, -0.15) is 0 Å². The standard InChI is InChI=1S/C11H8ClFN2/c1-7-14-6-10(12)11(15-7)8-3-2-4-9(13)5-8/h2-6H,1H3. The van der Waals surface area contributed by atoms with E-state index < -0.39 is 0 Å². The highest BCUT2D eigenvalue weighted by atomic mass is 35.5. The fraction of sp³-hybridized carbons (Fsp3) is 0.0909. The highest BCUT2D eigenvalue weighted by molar-refractivity contribution is 6.32. The zero-order valence-corrected chi connectivity index (χ0v) is 8.79. The van der Waals surface area contributed by atoms with Gasteiger partial charge in [-0.15, -0.1) is 0 Å². The fourth-order valence-corrected chi connectivity index (χ4v) is 1.49. The van der Waals surface area contributed by atoms with Crippen molar-refractivity contribution in [1.29, 1.82) is 0 Å². The van der Waals surface area contributed by atoms with Gasteiger partial charge < -0.3 is 0 Å². The monoisotopic (exact) mass is 222 g/mol. The molecule has 15 heavy (non-hydrogen) atoms. The number of nitrogens with zero attached hydrogens (tertiary/aromatic N) is 2. The van der Waals surface area contributed by atoms with Crippen LogP contribution in [0.25, 0.3) is 11.3 Å². The first-order valence-electron chi connectivity index (χ1n) is 4.42. The molecule has 0 saturated carbocycles. The summed E-state index contributed by atoms with van der Waals surface area (Å²) in [4.78, 5) is 8.12. The molecule has 0 aliphatic rings. The van der Waals surface area contributed by atoms with Gasteiger partial charge in [0, 0.05) is 11.8 Å². The molecule has 0 spiro atoms. The molecule has 0 aliphatic carbocycles. The summed E-state index contributed by atoms with van der Waals surface area (Å²) in [6.45, 7) is 1.76. The molecular weight excluding hydrogens is 215 g/mol. The van der Waals surface area contributed by atoms with Gasteiger partial charge in [-0.25, -0.2) is 14.4 Å². The number of hydrogen-bond acceptors (Lipinski definition) is 2. The van der Waals surface area contributed by atoms with E-state index in [1.165, 1.54) is 18.3 Å². The molecule has 0 fully saturated rings. The lowest BCUT2D eigenvalue weighted by molar-refractivity contribution is 0.628. The van der Waals surface area contributed by atoms with Gasteiger partial charge in [-0.1, -0.05) is 23.7 Å². The van der Waals surface area contributed by atoms with Crippen molar-refractivity contribution < 1.29 is 4.39 Å². The molecule has 1 aromatic heterocycles. The molecule has 0 aliphatic heterocycles. The number of hydrogen-bond donors (Lipinski definition) is 0. The quantitative estimate of drug-likeness (QED) is 0.740. The van der Waals surface area contributed by atoms with Crippen molar-refractivity contribution in [3.8, 4) is 11.3 Å². The molecule has 0 radical (unpaired) electrons. The summed E-state index contributed by atoms with van der Waals surface area (Å²) in [5, 5.41) is 0.422. The maximum Gasteiger partial charge on any atom is 0.125 e. The van der Waals surface area contributed by atoms with E-state index in [0.717, 1.165) is 0 Å². The molecule has 2 aromatic rings. The van der Waals surface area contributed by atoms with Crippen LogP contribution in [-0.2, 0) is 0 Å². The molecule has 0 N–H and O–H groups in total. The Morgan fingerprint density at radius 2 is 2.13 bits per heavy atom. The first-order valence-corrected chi connectivity index (χ1v) is 4.79. The number of aromatic nitrogens is 2. The minimum absolute atomic E-state index is 0.306. The lowest BCUT2D eigenvalue weighted by atomic mass is 10.1. The zero-order valence-electron chi connectivity index (χ0n) is 8.04. The smallest absolute Gasteiger partial charge is 0.125 e. The van der Waals surface area contributed by atoms with Crippen LogP contribution in [0.1, 0.15) is 5.82 Å². The summed E-state index contributed by atoms with van der Waals surface area (Å²) in [6.07, 6.45) is 1.52. The summed E-state index contributed by atoms with van der Waals surface area (Å²) in [5.74, 6) is 0.304. The van der Waals surface area contributed by atoms with Crippen LogP contribution in [0.3, 0.4) is 0 Å². The topological polar surface area (TPSA) is 25.8 Å². The summed E-state index contributed by atoms with van der Waals surface area (Å²) < 4.78 is 13.0. The van der Waals surface area contributed by atoms with Gasteiger partial charge in [0.2, 0.25) is 0 Å². The minimum Gasteiger partial charge on any atom is -0.240 e. The van der Waals surface area contributed by atoms with Crippen LogP contribution in [0.4, 0.5) is 4.39 Å². The second-order valence-corrected chi connectivity index (χ2v) is 3.53. The number of halogens is 2. The lowest BCUT2D eigenvalue weighted by Gasteiger charge is -2.03. The van der Waals surface area contributed by atoms with Gasteiger partial charge in [0.15, 0.2) is 0 Å². The predicted molar refractivity (Wildman–Crippen MR) is 57.2 cm³/mol. The van der Waals surface area contributed by atoms with Crippen LogP contribution in [0, 0.1) is 12.7 Å². The Balaban J connectivity index is 2.58. The van der Waals surface area contributed by atoms with E-state index in [0.29, 0.717) is 22.1 Å². The summed E-state index contributed by atoms with van der Waals surface area (Å²) in [6, 6.07) is 6.16. The van der Waals surface area contributed by atoms with Gasteiger partial charge in [-0.05, 0) is 19.1 Å². The number of rotatable bonds is 1. The highest BCUT2D eigenvalue weighted by Crippen LogP contribution is 2.25. The van der Waals surface area contributed by atoms with Gasteiger partial charge in [-0.3, -0.25) is 0 Å². The normalized spacial score (nSPS) is 10.3. The summed E-state index contributed by atoms with van der Waals surface area (Å²) >= 11 is 5.94. The second-order valence-electron chi connectivity index (χ2n) is 3.12. The van der Waals surface area contributed by atoms with E-state index >= 15 is 0 Å². The van der Waals surface area contributed by atoms with E-state index in [1.807, 2.05) is 0 Å². The third-order valence-corrected chi connectivity index (χ3v) is 2.24. The molecule has 0 bridgehead atoms. The van der Waals surface area contributed by atoms with E-state index in [-0.39, 0.29) is 5.82 Å². The molecule has 1 heterocycles. The molecule has 2 rings (SSSR count). The molecule has 0 unspecified atom stereocenters. The highest BCUT2D eigenvalue weighted by Gasteiger charge is 2.06. The zero-order chi connectivity index (χ0) is 10.8. The molecule has 76 valence electrons. The molecule has 0 saturated heterocycles. The van der Waals surface area contributed by atoms with Crippen molar-refractivity contribution in [2.24, 2.45) is 0 Å². The van der Waals surface area contributed by atoms with E-state index in [1.54, 1.807) is 19.1 Å². The minimum atomic E-state index is -0.306. The predicted octanol–water partition coefficient (Wildman–Crippen LogP) is 3.24. The first-order chi connectivity index (χ1) is 7.16. The first kappa shape index (κ1) is 10.1. The number of benzene rings is 1. The van der Waals surface area contributed by atoms with Gasteiger partial charge in [0.1, 0.15) is 11.6 Å². The van der Waals surface area contributed by atoms with Crippen LogP contribution in [0.5, 0.6) is 0 Å². The molecule has 2 nitrogen and oxygen atoms in total. The summed E-state index contributed by atoms with van der Waals surface area (Å²) in [7, 11) is 0. The van der Waals surface area contributed by atoms with Gasteiger partial charge >= 0.3 is 0 Å². The van der Waals surface area contributed by atoms with Crippen LogP contribution in [-0.4, -0.2) is 9.97 Å². The lowest BCUT2D eigenvalue weighted by Crippen LogP contribution is -1.92. The summed E-state index contributed by atoms with van der Waals surface area (Å²) in [5.41, 5.74) is 1.22. The van der Waals surface area contributed by atoms with Crippen LogP contribution in [0.2, 0.25) is 5.02 Å². The molecule has 0 atom stereocenters. The Bertz CT molecular complexity index is 500. The average Bonchev–Trinajstić information content (AvgIpc) is 2.22. The Morgan fingerprint density at radius 1 is 1.33 bits per heavy atom. The van der Waals surface area contributed by atoms with Crippen LogP contribution >= 0.6 is 11.6 Å². The Morgan fingerprint density at radius 3 is 2.87 bits per heavy atom. The molecule has 4 heteroatoms. The van der Waals surface area contributed by atoms with E-state index in [9.17, 15) is 4.39 Å². The van der Waals surface area contributed by atoms with Crippen LogP contribution in [0.15, 0.2) is 30.5 Å². The van der Waals surface area contributed by atoms with Crippen molar-refractivity contribution in [1.82, 2.24) is 9.97 Å². The Kier molecular flexibility index (Phi) is 2.64. The fourth-order valence-electron chi connectivity index (χ4n) is 1.29. The van der Waals surface area contributed by atoms with Crippen molar-refractivity contribution in [3.05, 3.63) is 47.1 Å². The SMILES string of the molecule is Cc1ncc(Cl)c(-c2cccc(F)c2)n1. The van der Waals surface area contributed by atoms with Crippen molar-refractivity contribution >= 4 is 11.6 Å². The Hall–Kier alpha value is -1.48. The third kappa shape index (κ3) is 2.13. The van der Waals surface area contributed by atoms with Crippen molar-refractivity contribution in [3.63, 3.8) is 0 Å².